The summed E-state index contributed by atoms with van der Waals surface area (Å²) < 4.78 is 15.0. The van der Waals surface area contributed by atoms with Crippen LogP contribution in [0.3, 0.4) is 0 Å². The summed E-state index contributed by atoms with van der Waals surface area (Å²) in [5, 5.41) is 11.3. The minimum absolute atomic E-state index is 0.0371. The summed E-state index contributed by atoms with van der Waals surface area (Å²) in [4.78, 5) is 33.8. The summed E-state index contributed by atoms with van der Waals surface area (Å²) in [5.74, 6) is -1.24. The topological polar surface area (TPSA) is 109 Å². The van der Waals surface area contributed by atoms with E-state index in [0.29, 0.717) is 5.56 Å². The predicted octanol–water partition coefficient (Wildman–Crippen LogP) is 2.89. The van der Waals surface area contributed by atoms with Gasteiger partial charge in [-0.15, -0.1) is 0 Å². The quantitative estimate of drug-likeness (QED) is 0.331. The fourth-order valence-corrected chi connectivity index (χ4v) is 2.12. The highest BCUT2D eigenvalue weighted by Gasteiger charge is 2.21. The van der Waals surface area contributed by atoms with Crippen molar-refractivity contribution in [3.63, 3.8) is 0 Å². The van der Waals surface area contributed by atoms with E-state index in [9.17, 15) is 19.7 Å². The molecule has 0 amide bonds. The maximum atomic E-state index is 11.9. The van der Waals surface area contributed by atoms with Crippen LogP contribution in [0.2, 0.25) is 0 Å². The first-order valence-electron chi connectivity index (χ1n) is 6.96. The average molecular weight is 333 g/mol. The maximum Gasteiger partial charge on any atom is 0.374 e. The molecule has 1 aromatic carbocycles. The fraction of sp³-hybridized carbons (Fsp3) is 0.250. The van der Waals surface area contributed by atoms with Crippen LogP contribution < -0.4 is 0 Å². The molecule has 0 saturated heterocycles. The van der Waals surface area contributed by atoms with E-state index in [1.807, 2.05) is 0 Å². The molecule has 0 radical (unpaired) electrons. The number of ether oxygens (including phenoxy) is 2. The molecular formula is C16H15NO7. The molecule has 8 nitrogen and oxygen atoms in total. The number of Topliss-reactive ketones (excluding diaryl/α,β-unsaturated/α-hetero) is 1. The average Bonchev–Trinajstić information content (AvgIpc) is 3.03. The van der Waals surface area contributed by atoms with Gasteiger partial charge in [0.1, 0.15) is 6.61 Å². The van der Waals surface area contributed by atoms with Gasteiger partial charge in [0.05, 0.1) is 22.7 Å². The molecule has 0 fully saturated rings. The van der Waals surface area contributed by atoms with Crippen LogP contribution in [0.4, 0.5) is 5.69 Å². The van der Waals surface area contributed by atoms with Crippen molar-refractivity contribution in [1.82, 2.24) is 0 Å². The molecule has 0 bridgehead atoms. The van der Waals surface area contributed by atoms with E-state index in [1.165, 1.54) is 32.2 Å². The summed E-state index contributed by atoms with van der Waals surface area (Å²) in [7, 11) is 1.43. The molecule has 0 saturated carbocycles. The Hall–Kier alpha value is -3.00. The van der Waals surface area contributed by atoms with Crippen LogP contribution in [-0.2, 0) is 22.7 Å². The normalized spacial score (nSPS) is 10.4. The van der Waals surface area contributed by atoms with E-state index in [4.69, 9.17) is 13.9 Å². The van der Waals surface area contributed by atoms with Gasteiger partial charge in [-0.25, -0.2) is 4.79 Å². The third-order valence-corrected chi connectivity index (χ3v) is 3.20. The molecule has 1 heterocycles. The van der Waals surface area contributed by atoms with E-state index >= 15 is 0 Å². The van der Waals surface area contributed by atoms with E-state index in [1.54, 1.807) is 12.1 Å². The van der Waals surface area contributed by atoms with Gasteiger partial charge in [-0.05, 0) is 24.3 Å². The Morgan fingerprint density at radius 3 is 2.29 bits per heavy atom. The van der Waals surface area contributed by atoms with Gasteiger partial charge in [-0.3, -0.25) is 14.9 Å². The first kappa shape index (κ1) is 17.4. The summed E-state index contributed by atoms with van der Waals surface area (Å²) in [5.41, 5.74) is 0.463. The number of para-hydroxylation sites is 1. The van der Waals surface area contributed by atoms with Crippen molar-refractivity contribution in [2.24, 2.45) is 0 Å². The summed E-state index contributed by atoms with van der Waals surface area (Å²) in [6.07, 6.45) is 0. The van der Waals surface area contributed by atoms with Crippen molar-refractivity contribution in [2.75, 3.05) is 7.11 Å². The second kappa shape index (κ2) is 7.51. The van der Waals surface area contributed by atoms with Crippen LogP contribution in [0.5, 0.6) is 0 Å². The Balaban J connectivity index is 2.16. The largest absolute Gasteiger partial charge is 0.455 e. The number of furan rings is 1. The Labute approximate surface area is 137 Å². The Morgan fingerprint density at radius 2 is 1.75 bits per heavy atom. The zero-order chi connectivity index (χ0) is 17.7. The summed E-state index contributed by atoms with van der Waals surface area (Å²) in [6.45, 7) is 1.07. The fourth-order valence-electron chi connectivity index (χ4n) is 2.12. The third-order valence-electron chi connectivity index (χ3n) is 3.20. The first-order chi connectivity index (χ1) is 11.4. The van der Waals surface area contributed by atoms with Crippen LogP contribution >= 0.6 is 0 Å². The zero-order valence-corrected chi connectivity index (χ0v) is 13.1. The van der Waals surface area contributed by atoms with Gasteiger partial charge in [-0.2, -0.15) is 0 Å². The van der Waals surface area contributed by atoms with Gasteiger partial charge in [0.25, 0.3) is 5.69 Å². The Morgan fingerprint density at radius 1 is 1.12 bits per heavy atom. The van der Waals surface area contributed by atoms with Crippen molar-refractivity contribution >= 4 is 17.4 Å². The highest BCUT2D eigenvalue weighted by Crippen LogP contribution is 2.25. The first-order valence-corrected chi connectivity index (χ1v) is 6.96. The lowest BCUT2D eigenvalue weighted by Crippen LogP contribution is -2.07. The van der Waals surface area contributed by atoms with E-state index in [0.717, 1.165) is 0 Å². The van der Waals surface area contributed by atoms with Crippen molar-refractivity contribution < 1.29 is 28.4 Å². The Bertz CT molecular complexity index is 778. The lowest BCUT2D eigenvalue weighted by molar-refractivity contribution is -0.386. The van der Waals surface area contributed by atoms with Crippen LogP contribution in [0.25, 0.3) is 0 Å². The summed E-state index contributed by atoms with van der Waals surface area (Å²) in [6, 6.07) is 7.35. The van der Waals surface area contributed by atoms with Crippen molar-refractivity contribution in [2.45, 2.75) is 20.1 Å². The van der Waals surface area contributed by atoms with E-state index < -0.39 is 10.9 Å². The Kier molecular flexibility index (Phi) is 5.43. The number of rotatable bonds is 7. The second-order valence-electron chi connectivity index (χ2n) is 4.91. The number of hydrogen-bond acceptors (Lipinski definition) is 7. The van der Waals surface area contributed by atoms with E-state index in [2.05, 4.69) is 0 Å². The third kappa shape index (κ3) is 3.85. The molecule has 0 spiro atoms. The second-order valence-corrected chi connectivity index (χ2v) is 4.91. The number of esters is 1. The van der Waals surface area contributed by atoms with Gasteiger partial charge in [0.2, 0.25) is 5.76 Å². The molecule has 0 atom stereocenters. The van der Waals surface area contributed by atoms with Crippen LogP contribution in [-0.4, -0.2) is 23.8 Å². The number of carbonyl (C=O) groups is 2. The number of hydrogen-bond donors (Lipinski definition) is 0. The molecule has 0 aliphatic carbocycles. The molecule has 2 rings (SSSR count). The lowest BCUT2D eigenvalue weighted by Gasteiger charge is -2.08. The number of nitro benzene ring substituents is 1. The minimum Gasteiger partial charge on any atom is -0.455 e. The van der Waals surface area contributed by atoms with Crippen molar-refractivity contribution in [1.29, 1.82) is 0 Å². The number of carbonyl (C=O) groups excluding carboxylic acids is 2. The van der Waals surface area contributed by atoms with Gasteiger partial charge in [0.15, 0.2) is 11.5 Å². The number of nitro groups is 1. The number of nitrogens with zero attached hydrogens (tertiary/aromatic N) is 1. The smallest absolute Gasteiger partial charge is 0.374 e. The molecule has 0 N–H and O–H groups in total. The van der Waals surface area contributed by atoms with Gasteiger partial charge in [-0.1, -0.05) is 6.07 Å². The monoisotopic (exact) mass is 333 g/mol. The predicted molar refractivity (Wildman–Crippen MR) is 81.6 cm³/mol. The van der Waals surface area contributed by atoms with Crippen LogP contribution in [0.1, 0.15) is 39.2 Å². The molecule has 0 aliphatic heterocycles. The lowest BCUT2D eigenvalue weighted by atomic mass is 10.1. The standard InChI is InChI=1S/C16H15NO7/c1-10(18)13-6-7-14(24-13)16(19)23-9-12-5-3-4-11(8-22-2)15(12)17(20)21/h3-7H,8-9H2,1-2H3. The molecule has 0 unspecified atom stereocenters. The van der Waals surface area contributed by atoms with Crippen molar-refractivity contribution in [3.8, 4) is 0 Å². The van der Waals surface area contributed by atoms with Crippen LogP contribution in [0, 0.1) is 10.1 Å². The highest BCUT2D eigenvalue weighted by atomic mass is 16.6. The molecule has 1 aromatic heterocycles. The van der Waals surface area contributed by atoms with Gasteiger partial charge < -0.3 is 13.9 Å². The van der Waals surface area contributed by atoms with E-state index in [-0.39, 0.29) is 41.8 Å². The molecule has 126 valence electrons. The summed E-state index contributed by atoms with van der Waals surface area (Å²) >= 11 is 0. The molecular weight excluding hydrogens is 318 g/mol. The van der Waals surface area contributed by atoms with Gasteiger partial charge in [0, 0.05) is 14.0 Å². The molecule has 2 aromatic rings. The molecule has 0 aliphatic rings. The molecule has 8 heteroatoms. The van der Waals surface area contributed by atoms with Crippen LogP contribution in [0.15, 0.2) is 34.7 Å². The maximum absolute atomic E-state index is 11.9. The zero-order valence-electron chi connectivity index (χ0n) is 13.1. The minimum atomic E-state index is -0.811. The van der Waals surface area contributed by atoms with Crippen molar-refractivity contribution in [3.05, 3.63) is 63.1 Å². The number of methoxy groups -OCH3 is 1. The van der Waals surface area contributed by atoms with Gasteiger partial charge >= 0.3 is 5.97 Å². The number of ketones is 1. The highest BCUT2D eigenvalue weighted by molar-refractivity contribution is 5.93. The molecule has 24 heavy (non-hydrogen) atoms. The number of benzene rings is 1. The SMILES string of the molecule is COCc1cccc(COC(=O)c2ccc(C(C)=O)o2)c1[N+](=O)[O-].